The van der Waals surface area contributed by atoms with Crippen molar-refractivity contribution in [2.75, 3.05) is 41.7 Å². The number of aromatic nitrogens is 2. The summed E-state index contributed by atoms with van der Waals surface area (Å²) < 4.78 is 27.1. The minimum Gasteiger partial charge on any atom is -0.366 e. The van der Waals surface area contributed by atoms with Crippen LogP contribution < -0.4 is 20.9 Å². The summed E-state index contributed by atoms with van der Waals surface area (Å²) in [5.41, 5.74) is 1.88. The Morgan fingerprint density at radius 3 is 1.89 bits per heavy atom. The molecule has 3 aromatic rings. The molecule has 1 aliphatic rings. The maximum atomic E-state index is 13.6. The maximum Gasteiger partial charge on any atom is 0.226 e. The van der Waals surface area contributed by atoms with Crippen molar-refractivity contribution in [3.8, 4) is 0 Å². The molecule has 2 heterocycles. The van der Waals surface area contributed by atoms with E-state index in [4.69, 9.17) is 4.98 Å². The summed E-state index contributed by atoms with van der Waals surface area (Å²) in [6.45, 7) is 10.3. The Balaban J connectivity index is 0.00000253. The van der Waals surface area contributed by atoms with Gasteiger partial charge >= 0.3 is 0 Å². The van der Waals surface area contributed by atoms with Crippen molar-refractivity contribution in [2.45, 2.75) is 24.9 Å². The molecule has 0 bridgehead atoms. The van der Waals surface area contributed by atoms with Crippen molar-refractivity contribution in [2.24, 2.45) is 0 Å². The lowest BCUT2D eigenvalue weighted by Crippen LogP contribution is -2.44. The van der Waals surface area contributed by atoms with E-state index in [-0.39, 0.29) is 48.5 Å². The summed E-state index contributed by atoms with van der Waals surface area (Å²) in [7, 11) is 0. The molecule has 1 saturated heterocycles. The Labute approximate surface area is 235 Å². The van der Waals surface area contributed by atoms with Crippen molar-refractivity contribution in [1.29, 1.82) is 0 Å². The van der Waals surface area contributed by atoms with Crippen molar-refractivity contribution < 1.29 is 8.78 Å². The number of nitrogens with zero attached hydrogens (tertiary/aromatic N) is 3. The van der Waals surface area contributed by atoms with Crippen LogP contribution in [0.3, 0.4) is 0 Å². The molecule has 0 unspecified atom stereocenters. The third kappa shape index (κ3) is 8.41. The van der Waals surface area contributed by atoms with Gasteiger partial charge in [-0.05, 0) is 48.2 Å². The minimum atomic E-state index is -0.279. The first kappa shape index (κ1) is 31.0. The van der Waals surface area contributed by atoms with Gasteiger partial charge in [0.05, 0.1) is 6.04 Å². The second-order valence-electron chi connectivity index (χ2n) is 8.74. The fourth-order valence-corrected chi connectivity index (χ4v) is 4.31. The van der Waals surface area contributed by atoms with Crippen LogP contribution in [0.4, 0.5) is 26.4 Å². The fraction of sp³-hybridized carbons (Fsp3) is 0.286. The molecule has 1 aliphatic heterocycles. The Morgan fingerprint density at radius 2 is 1.37 bits per heavy atom. The molecule has 0 spiro atoms. The van der Waals surface area contributed by atoms with E-state index in [9.17, 15) is 8.78 Å². The Morgan fingerprint density at radius 1 is 0.842 bits per heavy atom. The van der Waals surface area contributed by atoms with Gasteiger partial charge in [0.2, 0.25) is 5.95 Å². The SMILES string of the molecule is C=CCNc1cc(N2CCC(NC(c3ccc(F)cc3)c3ccc(F)cc3)CC2)nc(NCC=C)n1.Cl.Cl. The third-order valence-corrected chi connectivity index (χ3v) is 6.17. The van der Waals surface area contributed by atoms with Crippen molar-refractivity contribution in [3.63, 3.8) is 0 Å². The van der Waals surface area contributed by atoms with Gasteiger partial charge in [-0.1, -0.05) is 36.4 Å². The van der Waals surface area contributed by atoms with Crippen LogP contribution in [0.5, 0.6) is 0 Å². The van der Waals surface area contributed by atoms with E-state index in [1.54, 1.807) is 36.4 Å². The molecule has 6 nitrogen and oxygen atoms in total. The van der Waals surface area contributed by atoms with E-state index in [1.165, 1.54) is 24.3 Å². The molecular formula is C28H34Cl2F2N6. The number of anilines is 3. The highest BCUT2D eigenvalue weighted by Crippen LogP contribution is 2.27. The first-order valence-electron chi connectivity index (χ1n) is 12.2. The van der Waals surface area contributed by atoms with Crippen LogP contribution in [0.25, 0.3) is 0 Å². The zero-order chi connectivity index (χ0) is 25.3. The average molecular weight is 564 g/mol. The molecule has 1 aromatic heterocycles. The van der Waals surface area contributed by atoms with Crippen LogP contribution in [-0.4, -0.2) is 42.2 Å². The Kier molecular flexibility index (Phi) is 12.5. The molecule has 1 fully saturated rings. The summed E-state index contributed by atoms with van der Waals surface area (Å²) in [5.74, 6) is 1.58. The molecule has 38 heavy (non-hydrogen) atoms. The van der Waals surface area contributed by atoms with Crippen LogP contribution >= 0.6 is 24.8 Å². The number of rotatable bonds is 11. The highest BCUT2D eigenvalue weighted by atomic mass is 35.5. The monoisotopic (exact) mass is 562 g/mol. The van der Waals surface area contributed by atoms with Crippen LogP contribution in [0.1, 0.15) is 30.0 Å². The first-order valence-corrected chi connectivity index (χ1v) is 12.2. The van der Waals surface area contributed by atoms with E-state index in [0.717, 1.165) is 48.7 Å². The fourth-order valence-electron chi connectivity index (χ4n) is 4.31. The second kappa shape index (κ2) is 15.3. The van der Waals surface area contributed by atoms with Gasteiger partial charge in [-0.2, -0.15) is 9.97 Å². The molecule has 0 radical (unpaired) electrons. The predicted molar refractivity (Wildman–Crippen MR) is 157 cm³/mol. The number of benzene rings is 2. The molecule has 10 heteroatoms. The van der Waals surface area contributed by atoms with Crippen LogP contribution in [-0.2, 0) is 0 Å². The first-order chi connectivity index (χ1) is 17.6. The largest absolute Gasteiger partial charge is 0.366 e. The van der Waals surface area contributed by atoms with Gasteiger partial charge in [0.15, 0.2) is 0 Å². The smallest absolute Gasteiger partial charge is 0.226 e. The summed E-state index contributed by atoms with van der Waals surface area (Å²) in [6, 6.07) is 15.0. The van der Waals surface area contributed by atoms with Gasteiger partial charge < -0.3 is 20.9 Å². The summed E-state index contributed by atoms with van der Waals surface area (Å²) >= 11 is 0. The molecule has 3 N–H and O–H groups in total. The van der Waals surface area contributed by atoms with E-state index in [1.807, 2.05) is 6.07 Å². The van der Waals surface area contributed by atoms with Gasteiger partial charge in [0.25, 0.3) is 0 Å². The lowest BCUT2D eigenvalue weighted by Gasteiger charge is -2.35. The zero-order valence-corrected chi connectivity index (χ0v) is 22.7. The third-order valence-electron chi connectivity index (χ3n) is 6.17. The Hall–Kier alpha value is -3.20. The van der Waals surface area contributed by atoms with E-state index in [2.05, 4.69) is 39.0 Å². The molecule has 2 aromatic carbocycles. The highest BCUT2D eigenvalue weighted by molar-refractivity contribution is 5.85. The maximum absolute atomic E-state index is 13.6. The molecule has 0 amide bonds. The quantitative estimate of drug-likeness (QED) is 0.244. The molecular weight excluding hydrogens is 529 g/mol. The molecule has 0 atom stereocenters. The van der Waals surface area contributed by atoms with Gasteiger partial charge in [-0.15, -0.1) is 38.0 Å². The second-order valence-corrected chi connectivity index (χ2v) is 8.74. The van der Waals surface area contributed by atoms with Crippen molar-refractivity contribution in [1.82, 2.24) is 15.3 Å². The molecule has 0 saturated carbocycles. The summed E-state index contributed by atoms with van der Waals surface area (Å²) in [4.78, 5) is 11.5. The van der Waals surface area contributed by atoms with E-state index in [0.29, 0.717) is 19.0 Å². The average Bonchev–Trinajstić information content (AvgIpc) is 2.91. The topological polar surface area (TPSA) is 65.1 Å². The van der Waals surface area contributed by atoms with Crippen molar-refractivity contribution >= 4 is 42.4 Å². The van der Waals surface area contributed by atoms with Crippen LogP contribution in [0, 0.1) is 11.6 Å². The van der Waals surface area contributed by atoms with Gasteiger partial charge in [0.1, 0.15) is 23.3 Å². The number of nitrogens with one attached hydrogen (secondary N) is 3. The number of hydrogen-bond donors (Lipinski definition) is 3. The normalized spacial score (nSPS) is 13.3. The van der Waals surface area contributed by atoms with Crippen LogP contribution in [0.15, 0.2) is 79.9 Å². The van der Waals surface area contributed by atoms with E-state index < -0.39 is 0 Å². The van der Waals surface area contributed by atoms with E-state index >= 15 is 0 Å². The summed E-state index contributed by atoms with van der Waals surface area (Å²) in [6.07, 6.45) is 5.35. The number of halogens is 4. The zero-order valence-electron chi connectivity index (χ0n) is 21.1. The summed E-state index contributed by atoms with van der Waals surface area (Å²) in [5, 5.41) is 10.1. The number of hydrogen-bond acceptors (Lipinski definition) is 6. The van der Waals surface area contributed by atoms with Gasteiger partial charge in [0, 0.05) is 38.3 Å². The predicted octanol–water partition coefficient (Wildman–Crippen LogP) is 6.14. The van der Waals surface area contributed by atoms with Crippen molar-refractivity contribution in [3.05, 3.63) is 103 Å². The molecule has 204 valence electrons. The Bertz CT molecular complexity index is 1080. The molecule has 4 rings (SSSR count). The number of piperidine rings is 1. The van der Waals surface area contributed by atoms with Crippen LogP contribution in [0.2, 0.25) is 0 Å². The molecule has 0 aliphatic carbocycles. The highest BCUT2D eigenvalue weighted by Gasteiger charge is 2.25. The lowest BCUT2D eigenvalue weighted by atomic mass is 9.95. The lowest BCUT2D eigenvalue weighted by molar-refractivity contribution is 0.389. The van der Waals surface area contributed by atoms with Gasteiger partial charge in [-0.3, -0.25) is 0 Å². The minimum absolute atomic E-state index is 0. The van der Waals surface area contributed by atoms with Gasteiger partial charge in [-0.25, -0.2) is 8.78 Å². The standard InChI is InChI=1S/C28H32F2N6.2ClH/c1-3-15-31-25-19-26(35-28(34-25)32-16-4-2)36-17-13-24(14-18-36)33-27(20-5-9-22(29)10-6-20)21-7-11-23(30)12-8-21;;/h3-12,19,24,27,33H,1-2,13-18H2,(H2,31,32,34,35);2*1H.